The van der Waals surface area contributed by atoms with Gasteiger partial charge in [0.05, 0.1) is 28.1 Å². The van der Waals surface area contributed by atoms with E-state index in [9.17, 15) is 21.6 Å². The quantitative estimate of drug-likeness (QED) is 0.557. The molecule has 2 atom stereocenters. The SMILES string of the molecule is C[C@@H](NC(=O)[C@H]1CN(S(=O)(=O)c2ccccc2)c2ccccc2O1)c1ccc(S(C)(=O)=O)cc1. The Morgan fingerprint density at radius 3 is 2.18 bits per heavy atom. The van der Waals surface area contributed by atoms with Crippen LogP contribution in [-0.2, 0) is 24.7 Å². The molecule has 34 heavy (non-hydrogen) atoms. The molecule has 0 aromatic heterocycles. The zero-order valence-electron chi connectivity index (χ0n) is 18.6. The van der Waals surface area contributed by atoms with E-state index < -0.39 is 37.9 Å². The Morgan fingerprint density at radius 2 is 1.53 bits per heavy atom. The second kappa shape index (κ2) is 9.11. The molecule has 0 spiro atoms. The summed E-state index contributed by atoms with van der Waals surface area (Å²) in [6.07, 6.45) is 0.0480. The highest BCUT2D eigenvalue weighted by atomic mass is 32.2. The predicted molar refractivity (Wildman–Crippen MR) is 128 cm³/mol. The van der Waals surface area contributed by atoms with Crippen molar-refractivity contribution in [1.82, 2.24) is 5.32 Å². The van der Waals surface area contributed by atoms with Crippen LogP contribution in [0.2, 0.25) is 0 Å². The molecule has 0 radical (unpaired) electrons. The van der Waals surface area contributed by atoms with Crippen molar-refractivity contribution in [2.75, 3.05) is 17.1 Å². The van der Waals surface area contributed by atoms with Crippen molar-refractivity contribution in [3.05, 3.63) is 84.4 Å². The monoisotopic (exact) mass is 500 g/mol. The molecule has 0 unspecified atom stereocenters. The van der Waals surface area contributed by atoms with Crippen LogP contribution in [0.4, 0.5) is 5.69 Å². The summed E-state index contributed by atoms with van der Waals surface area (Å²) in [7, 11) is -7.25. The number of para-hydroxylation sites is 2. The molecule has 1 aliphatic rings. The minimum absolute atomic E-state index is 0.116. The van der Waals surface area contributed by atoms with Gasteiger partial charge < -0.3 is 10.1 Å². The molecule has 3 aromatic rings. The number of sulfonamides is 1. The average molecular weight is 501 g/mol. The number of nitrogens with zero attached hydrogens (tertiary/aromatic N) is 1. The molecule has 0 aliphatic carbocycles. The van der Waals surface area contributed by atoms with Crippen molar-refractivity contribution in [3.63, 3.8) is 0 Å². The average Bonchev–Trinajstić information content (AvgIpc) is 2.83. The van der Waals surface area contributed by atoms with Crippen LogP contribution in [0.1, 0.15) is 18.5 Å². The number of amides is 1. The first-order valence-corrected chi connectivity index (χ1v) is 13.8. The molecule has 10 heteroatoms. The Bertz CT molecular complexity index is 1410. The molecule has 1 amide bonds. The zero-order valence-corrected chi connectivity index (χ0v) is 20.2. The van der Waals surface area contributed by atoms with E-state index in [1.54, 1.807) is 61.5 Å². The zero-order chi connectivity index (χ0) is 24.5. The molecule has 0 fully saturated rings. The maximum atomic E-state index is 13.4. The first-order chi connectivity index (χ1) is 16.1. The summed E-state index contributed by atoms with van der Waals surface area (Å²) < 4.78 is 57.1. The number of carbonyl (C=O) groups is 1. The van der Waals surface area contributed by atoms with Crippen LogP contribution in [0.5, 0.6) is 5.75 Å². The lowest BCUT2D eigenvalue weighted by molar-refractivity contribution is -0.128. The van der Waals surface area contributed by atoms with Crippen LogP contribution in [0.3, 0.4) is 0 Å². The number of rotatable bonds is 6. The summed E-state index contributed by atoms with van der Waals surface area (Å²) in [6, 6.07) is 20.4. The molecule has 0 saturated heterocycles. The third-order valence-electron chi connectivity index (χ3n) is 5.53. The van der Waals surface area contributed by atoms with E-state index in [4.69, 9.17) is 4.74 Å². The second-order valence-electron chi connectivity index (χ2n) is 7.99. The minimum atomic E-state index is -3.92. The van der Waals surface area contributed by atoms with E-state index in [2.05, 4.69) is 5.32 Å². The van der Waals surface area contributed by atoms with Crippen molar-refractivity contribution in [2.45, 2.75) is 28.9 Å². The number of carbonyl (C=O) groups excluding carboxylic acids is 1. The molecule has 3 aromatic carbocycles. The van der Waals surface area contributed by atoms with Gasteiger partial charge in [0.2, 0.25) is 0 Å². The number of benzene rings is 3. The standard InChI is InChI=1S/C24H24N2O6S2/c1-17(18-12-14-19(15-13-18)33(2,28)29)25-24(27)23-16-26(21-10-6-7-11-22(21)32-23)34(30,31)20-8-4-3-5-9-20/h3-15,17,23H,16H2,1-2H3,(H,25,27)/t17-,23-/m1/s1. The largest absolute Gasteiger partial charge is 0.476 e. The number of hydrogen-bond donors (Lipinski definition) is 1. The smallest absolute Gasteiger partial charge is 0.264 e. The van der Waals surface area contributed by atoms with E-state index in [-0.39, 0.29) is 16.3 Å². The van der Waals surface area contributed by atoms with Gasteiger partial charge >= 0.3 is 0 Å². The van der Waals surface area contributed by atoms with Gasteiger partial charge in [-0.2, -0.15) is 0 Å². The summed E-state index contributed by atoms with van der Waals surface area (Å²) in [5.74, 6) is -0.194. The van der Waals surface area contributed by atoms with E-state index in [0.717, 1.165) is 6.26 Å². The summed E-state index contributed by atoms with van der Waals surface area (Å²) in [5, 5.41) is 2.83. The molecule has 1 N–H and O–H groups in total. The van der Waals surface area contributed by atoms with Gasteiger partial charge in [0.25, 0.3) is 15.9 Å². The molecule has 0 saturated carbocycles. The maximum Gasteiger partial charge on any atom is 0.264 e. The highest BCUT2D eigenvalue weighted by molar-refractivity contribution is 7.92. The summed E-state index contributed by atoms with van der Waals surface area (Å²) in [5.41, 5.74) is 1.06. The van der Waals surface area contributed by atoms with Gasteiger partial charge in [0.15, 0.2) is 15.9 Å². The molecule has 1 heterocycles. The van der Waals surface area contributed by atoms with Crippen LogP contribution in [0.25, 0.3) is 0 Å². The second-order valence-corrected chi connectivity index (χ2v) is 11.9. The Kier molecular flexibility index (Phi) is 6.37. The fourth-order valence-electron chi connectivity index (χ4n) is 3.68. The number of anilines is 1. The predicted octanol–water partition coefficient (Wildman–Crippen LogP) is 2.92. The van der Waals surface area contributed by atoms with Gasteiger partial charge in [-0.05, 0) is 48.9 Å². The van der Waals surface area contributed by atoms with Crippen LogP contribution in [0.15, 0.2) is 88.7 Å². The Morgan fingerprint density at radius 1 is 0.912 bits per heavy atom. The first kappa shape index (κ1) is 23.8. The molecule has 8 nitrogen and oxygen atoms in total. The van der Waals surface area contributed by atoms with Crippen LogP contribution in [-0.4, -0.2) is 41.6 Å². The van der Waals surface area contributed by atoms with Crippen molar-refractivity contribution in [2.24, 2.45) is 0 Å². The normalized spacial score (nSPS) is 16.8. The number of nitrogens with one attached hydrogen (secondary N) is 1. The molecule has 4 rings (SSSR count). The van der Waals surface area contributed by atoms with Crippen molar-refractivity contribution >= 4 is 31.5 Å². The van der Waals surface area contributed by atoms with Crippen LogP contribution in [0, 0.1) is 0 Å². The van der Waals surface area contributed by atoms with E-state index in [0.29, 0.717) is 17.0 Å². The molecule has 1 aliphatic heterocycles. The van der Waals surface area contributed by atoms with E-state index in [1.807, 2.05) is 0 Å². The third-order valence-corrected chi connectivity index (χ3v) is 8.45. The molecule has 178 valence electrons. The topological polar surface area (TPSA) is 110 Å². The highest BCUT2D eigenvalue weighted by Crippen LogP contribution is 2.36. The first-order valence-electron chi connectivity index (χ1n) is 10.5. The molecular formula is C24H24N2O6S2. The Hall–Kier alpha value is -3.37. The van der Waals surface area contributed by atoms with Crippen molar-refractivity contribution < 1.29 is 26.4 Å². The van der Waals surface area contributed by atoms with Gasteiger partial charge in [-0.1, -0.05) is 42.5 Å². The fraction of sp³-hybridized carbons (Fsp3) is 0.208. The van der Waals surface area contributed by atoms with Crippen molar-refractivity contribution in [3.8, 4) is 5.75 Å². The molecule has 0 bridgehead atoms. The van der Waals surface area contributed by atoms with Gasteiger partial charge in [-0.25, -0.2) is 16.8 Å². The third kappa shape index (κ3) is 4.78. The highest BCUT2D eigenvalue weighted by Gasteiger charge is 2.37. The van der Waals surface area contributed by atoms with Gasteiger partial charge in [0.1, 0.15) is 5.75 Å². The molecular weight excluding hydrogens is 476 g/mol. The van der Waals surface area contributed by atoms with E-state index in [1.165, 1.54) is 28.6 Å². The van der Waals surface area contributed by atoms with Gasteiger partial charge in [-0.3, -0.25) is 9.10 Å². The van der Waals surface area contributed by atoms with Gasteiger partial charge in [0, 0.05) is 6.26 Å². The van der Waals surface area contributed by atoms with Crippen LogP contribution >= 0.6 is 0 Å². The lowest BCUT2D eigenvalue weighted by atomic mass is 10.1. The Balaban J connectivity index is 1.57. The van der Waals surface area contributed by atoms with E-state index >= 15 is 0 Å². The Labute approximate surface area is 199 Å². The van der Waals surface area contributed by atoms with Crippen LogP contribution < -0.4 is 14.4 Å². The number of hydrogen-bond acceptors (Lipinski definition) is 6. The van der Waals surface area contributed by atoms with Gasteiger partial charge in [-0.15, -0.1) is 0 Å². The summed E-state index contributed by atoms with van der Waals surface area (Å²) in [4.78, 5) is 13.4. The van der Waals surface area contributed by atoms with Crippen molar-refractivity contribution in [1.29, 1.82) is 0 Å². The fourth-order valence-corrected chi connectivity index (χ4v) is 5.81. The lowest BCUT2D eigenvalue weighted by Gasteiger charge is -2.35. The summed E-state index contributed by atoms with van der Waals surface area (Å²) in [6.45, 7) is 1.56. The number of sulfone groups is 1. The summed E-state index contributed by atoms with van der Waals surface area (Å²) >= 11 is 0. The minimum Gasteiger partial charge on any atom is -0.476 e. The number of fused-ring (bicyclic) bond motifs is 1. The number of ether oxygens (including phenoxy) is 1. The lowest BCUT2D eigenvalue weighted by Crippen LogP contribution is -2.51. The maximum absolute atomic E-state index is 13.4.